The quantitative estimate of drug-likeness (QED) is 0.733. The van der Waals surface area contributed by atoms with Gasteiger partial charge in [-0.1, -0.05) is 35.9 Å². The summed E-state index contributed by atoms with van der Waals surface area (Å²) in [6.45, 7) is 0. The van der Waals surface area contributed by atoms with Crippen molar-refractivity contribution in [1.29, 1.82) is 0 Å². The van der Waals surface area contributed by atoms with Gasteiger partial charge in [0.2, 0.25) is 0 Å². The van der Waals surface area contributed by atoms with E-state index in [4.69, 9.17) is 32.7 Å². The first kappa shape index (κ1) is 15.0. The van der Waals surface area contributed by atoms with Gasteiger partial charge in [0.05, 0.1) is 19.6 Å². The van der Waals surface area contributed by atoms with E-state index in [1.165, 1.54) is 0 Å². The van der Waals surface area contributed by atoms with Crippen LogP contribution in [0.4, 0.5) is 0 Å². The summed E-state index contributed by atoms with van der Waals surface area (Å²) >= 11 is 12.5. The molecule has 0 saturated heterocycles. The summed E-state index contributed by atoms with van der Waals surface area (Å²) in [5.74, 6) is 1.54. The molecule has 2 nitrogen and oxygen atoms in total. The van der Waals surface area contributed by atoms with Gasteiger partial charge in [-0.05, 0) is 30.2 Å². The molecule has 0 radical (unpaired) electrons. The second-order valence-corrected chi connectivity index (χ2v) is 5.33. The van der Waals surface area contributed by atoms with Crippen LogP contribution in [0.3, 0.4) is 0 Å². The molecule has 2 rings (SSSR count). The third-order valence-corrected chi connectivity index (χ3v) is 3.75. The van der Waals surface area contributed by atoms with Crippen LogP contribution in [0.1, 0.15) is 16.5 Å². The van der Waals surface area contributed by atoms with E-state index in [1.807, 2.05) is 36.4 Å². The highest BCUT2D eigenvalue weighted by Gasteiger charge is 2.16. The van der Waals surface area contributed by atoms with Gasteiger partial charge in [-0.2, -0.15) is 0 Å². The van der Waals surface area contributed by atoms with Crippen LogP contribution < -0.4 is 9.47 Å². The standard InChI is InChI=1S/C16H16Cl2O2/c1-19-15-6-4-3-5-11(15)9-14(18)13-8-7-12(17)10-16(13)20-2/h3-8,10,14H,9H2,1-2H3. The van der Waals surface area contributed by atoms with Crippen LogP contribution in [-0.4, -0.2) is 14.2 Å². The van der Waals surface area contributed by atoms with Gasteiger partial charge in [-0.25, -0.2) is 0 Å². The number of methoxy groups -OCH3 is 2. The molecule has 2 aromatic rings. The lowest BCUT2D eigenvalue weighted by Crippen LogP contribution is -2.01. The molecule has 0 spiro atoms. The Morgan fingerprint density at radius 1 is 1.00 bits per heavy atom. The van der Waals surface area contributed by atoms with E-state index < -0.39 is 0 Å². The van der Waals surface area contributed by atoms with Crippen molar-refractivity contribution < 1.29 is 9.47 Å². The lowest BCUT2D eigenvalue weighted by Gasteiger charge is -2.16. The molecule has 0 N–H and O–H groups in total. The monoisotopic (exact) mass is 310 g/mol. The Morgan fingerprint density at radius 2 is 1.70 bits per heavy atom. The third kappa shape index (κ3) is 3.38. The van der Waals surface area contributed by atoms with Crippen molar-refractivity contribution in [2.75, 3.05) is 14.2 Å². The van der Waals surface area contributed by atoms with Crippen LogP contribution in [0.5, 0.6) is 11.5 Å². The molecule has 20 heavy (non-hydrogen) atoms. The van der Waals surface area contributed by atoms with Gasteiger partial charge in [0, 0.05) is 10.6 Å². The van der Waals surface area contributed by atoms with E-state index in [1.54, 1.807) is 20.3 Å². The topological polar surface area (TPSA) is 18.5 Å². The molecule has 0 heterocycles. The Kier molecular flexibility index (Phi) is 5.16. The van der Waals surface area contributed by atoms with E-state index in [9.17, 15) is 0 Å². The van der Waals surface area contributed by atoms with E-state index in [-0.39, 0.29) is 5.38 Å². The zero-order valence-electron chi connectivity index (χ0n) is 11.4. The maximum absolute atomic E-state index is 6.53. The van der Waals surface area contributed by atoms with Crippen LogP contribution in [0.25, 0.3) is 0 Å². The molecule has 0 aliphatic carbocycles. The Morgan fingerprint density at radius 3 is 2.40 bits per heavy atom. The first-order chi connectivity index (χ1) is 9.65. The van der Waals surface area contributed by atoms with Crippen molar-refractivity contribution in [2.24, 2.45) is 0 Å². The van der Waals surface area contributed by atoms with Crippen LogP contribution in [-0.2, 0) is 6.42 Å². The number of halogens is 2. The zero-order chi connectivity index (χ0) is 14.5. The molecule has 0 amide bonds. The number of para-hydroxylation sites is 1. The van der Waals surface area contributed by atoms with Crippen molar-refractivity contribution in [3.8, 4) is 11.5 Å². The lowest BCUT2D eigenvalue weighted by atomic mass is 10.0. The second kappa shape index (κ2) is 6.87. The van der Waals surface area contributed by atoms with E-state index in [0.717, 1.165) is 16.9 Å². The number of ether oxygens (including phenoxy) is 2. The lowest BCUT2D eigenvalue weighted by molar-refractivity contribution is 0.405. The molecule has 2 aromatic carbocycles. The van der Waals surface area contributed by atoms with Gasteiger partial charge in [0.25, 0.3) is 0 Å². The summed E-state index contributed by atoms with van der Waals surface area (Å²) in [5, 5.41) is 0.422. The number of hydrogen-bond acceptors (Lipinski definition) is 2. The van der Waals surface area contributed by atoms with Crippen molar-refractivity contribution in [3.63, 3.8) is 0 Å². The molecular formula is C16H16Cl2O2. The zero-order valence-corrected chi connectivity index (χ0v) is 12.9. The largest absolute Gasteiger partial charge is 0.496 e. The number of benzene rings is 2. The van der Waals surface area contributed by atoms with Gasteiger partial charge in [0.15, 0.2) is 0 Å². The Hall–Kier alpha value is -1.38. The Balaban J connectivity index is 2.26. The van der Waals surface area contributed by atoms with Crippen LogP contribution in [0.2, 0.25) is 5.02 Å². The molecule has 0 aliphatic heterocycles. The average Bonchev–Trinajstić information content (AvgIpc) is 2.47. The summed E-state index contributed by atoms with van der Waals surface area (Å²) in [5.41, 5.74) is 1.98. The van der Waals surface area contributed by atoms with Crippen LogP contribution in [0, 0.1) is 0 Å². The predicted octanol–water partition coefficient (Wildman–Crippen LogP) is 4.88. The highest BCUT2D eigenvalue weighted by molar-refractivity contribution is 6.30. The van der Waals surface area contributed by atoms with E-state index in [0.29, 0.717) is 17.2 Å². The summed E-state index contributed by atoms with van der Waals surface area (Å²) < 4.78 is 10.7. The number of rotatable bonds is 5. The molecule has 106 valence electrons. The molecule has 1 unspecified atom stereocenters. The van der Waals surface area contributed by atoms with Gasteiger partial charge >= 0.3 is 0 Å². The molecule has 0 aliphatic rings. The van der Waals surface area contributed by atoms with Gasteiger partial charge in [-0.3, -0.25) is 0 Å². The van der Waals surface area contributed by atoms with Gasteiger partial charge in [-0.15, -0.1) is 11.6 Å². The van der Waals surface area contributed by atoms with Crippen molar-refractivity contribution >= 4 is 23.2 Å². The first-order valence-electron chi connectivity index (χ1n) is 6.25. The molecule has 4 heteroatoms. The highest BCUT2D eigenvalue weighted by atomic mass is 35.5. The number of alkyl halides is 1. The molecule has 1 atom stereocenters. The predicted molar refractivity (Wildman–Crippen MR) is 83.3 cm³/mol. The second-order valence-electron chi connectivity index (χ2n) is 4.37. The minimum Gasteiger partial charge on any atom is -0.496 e. The van der Waals surface area contributed by atoms with Gasteiger partial charge in [0.1, 0.15) is 11.5 Å². The SMILES string of the molecule is COc1ccccc1CC(Cl)c1ccc(Cl)cc1OC. The maximum Gasteiger partial charge on any atom is 0.125 e. The van der Waals surface area contributed by atoms with E-state index in [2.05, 4.69) is 0 Å². The summed E-state index contributed by atoms with van der Waals surface area (Å²) in [6, 6.07) is 13.3. The smallest absolute Gasteiger partial charge is 0.125 e. The highest BCUT2D eigenvalue weighted by Crippen LogP contribution is 2.35. The molecule has 0 bridgehead atoms. The minimum absolute atomic E-state index is 0.210. The molecular weight excluding hydrogens is 295 g/mol. The van der Waals surface area contributed by atoms with Crippen LogP contribution >= 0.6 is 23.2 Å². The molecule has 0 saturated carbocycles. The van der Waals surface area contributed by atoms with Crippen molar-refractivity contribution in [1.82, 2.24) is 0 Å². The maximum atomic E-state index is 6.53. The summed E-state index contributed by atoms with van der Waals surface area (Å²) in [7, 11) is 3.27. The van der Waals surface area contributed by atoms with Crippen molar-refractivity contribution in [3.05, 3.63) is 58.6 Å². The van der Waals surface area contributed by atoms with E-state index >= 15 is 0 Å². The Labute approximate surface area is 129 Å². The third-order valence-electron chi connectivity index (χ3n) is 3.12. The minimum atomic E-state index is -0.210. The van der Waals surface area contributed by atoms with Crippen molar-refractivity contribution in [2.45, 2.75) is 11.8 Å². The molecule has 0 fully saturated rings. The first-order valence-corrected chi connectivity index (χ1v) is 7.06. The normalized spacial score (nSPS) is 12.0. The fourth-order valence-electron chi connectivity index (χ4n) is 2.12. The Bertz CT molecular complexity index is 584. The fourth-order valence-corrected chi connectivity index (χ4v) is 2.63. The van der Waals surface area contributed by atoms with Gasteiger partial charge < -0.3 is 9.47 Å². The fraction of sp³-hybridized carbons (Fsp3) is 0.250. The molecule has 0 aromatic heterocycles. The van der Waals surface area contributed by atoms with Crippen LogP contribution in [0.15, 0.2) is 42.5 Å². The summed E-state index contributed by atoms with van der Waals surface area (Å²) in [6.07, 6.45) is 0.656. The average molecular weight is 311 g/mol. The summed E-state index contributed by atoms with van der Waals surface area (Å²) in [4.78, 5) is 0. The number of hydrogen-bond donors (Lipinski definition) is 0.